The topological polar surface area (TPSA) is 53.1 Å². The lowest BCUT2D eigenvalue weighted by Crippen LogP contribution is -2.50. The molecule has 3 rings (SSSR count). The third-order valence-electron chi connectivity index (χ3n) is 4.70. The molecule has 4 heteroatoms. The molecule has 1 aromatic heterocycles. The minimum absolute atomic E-state index is 0.199. The van der Waals surface area contributed by atoms with E-state index in [4.69, 9.17) is 10.5 Å². The summed E-state index contributed by atoms with van der Waals surface area (Å²) in [4.78, 5) is 0. The van der Waals surface area contributed by atoms with Crippen LogP contribution >= 0.6 is 0 Å². The maximum absolute atomic E-state index is 6.62. The molecule has 3 atom stereocenters. The predicted molar refractivity (Wildman–Crippen MR) is 74.9 cm³/mol. The van der Waals surface area contributed by atoms with E-state index < -0.39 is 0 Å². The van der Waals surface area contributed by atoms with E-state index in [9.17, 15) is 0 Å². The highest BCUT2D eigenvalue weighted by Gasteiger charge is 2.48. The first kappa shape index (κ1) is 13.1. The lowest BCUT2D eigenvalue weighted by molar-refractivity contribution is 0.0623. The molecule has 19 heavy (non-hydrogen) atoms. The van der Waals surface area contributed by atoms with Crippen LogP contribution in [0.5, 0.6) is 0 Å². The fourth-order valence-electron chi connectivity index (χ4n) is 3.12. The van der Waals surface area contributed by atoms with E-state index in [1.165, 1.54) is 12.8 Å². The number of ether oxygens (including phenoxy) is 1. The molecular weight excluding hydrogens is 238 g/mol. The molecule has 0 radical (unpaired) electrons. The number of rotatable bonds is 5. The summed E-state index contributed by atoms with van der Waals surface area (Å²) in [6.07, 6.45) is 7.80. The summed E-state index contributed by atoms with van der Waals surface area (Å²) in [5.74, 6) is 0.698. The monoisotopic (exact) mass is 263 g/mol. The van der Waals surface area contributed by atoms with Gasteiger partial charge in [0.05, 0.1) is 17.3 Å². The lowest BCUT2D eigenvalue weighted by atomic mass is 9.85. The molecule has 1 aliphatic carbocycles. The molecule has 1 saturated heterocycles. The molecule has 1 aliphatic heterocycles. The number of hydrogen-bond donors (Lipinski definition) is 1. The molecule has 2 N–H and O–H groups in total. The van der Waals surface area contributed by atoms with Crippen molar-refractivity contribution in [2.75, 3.05) is 6.61 Å². The van der Waals surface area contributed by atoms with Crippen LogP contribution < -0.4 is 5.73 Å². The Morgan fingerprint density at radius 1 is 1.58 bits per heavy atom. The van der Waals surface area contributed by atoms with Gasteiger partial charge in [-0.15, -0.1) is 0 Å². The Morgan fingerprint density at radius 3 is 3.05 bits per heavy atom. The molecule has 0 spiro atoms. The number of hydrogen-bond acceptors (Lipinski definition) is 3. The predicted octanol–water partition coefficient (Wildman–Crippen LogP) is 2.29. The molecule has 106 valence electrons. The summed E-state index contributed by atoms with van der Waals surface area (Å²) in [5.41, 5.74) is 7.53. The summed E-state index contributed by atoms with van der Waals surface area (Å²) in [7, 11) is 0. The smallest absolute Gasteiger partial charge is 0.0787 e. The van der Waals surface area contributed by atoms with Gasteiger partial charge in [-0.1, -0.05) is 6.92 Å². The molecule has 1 saturated carbocycles. The van der Waals surface area contributed by atoms with Crippen molar-refractivity contribution in [2.24, 2.45) is 11.7 Å². The van der Waals surface area contributed by atoms with Crippen LogP contribution in [0.15, 0.2) is 12.3 Å². The molecule has 2 heterocycles. The average molecular weight is 263 g/mol. The zero-order chi connectivity index (χ0) is 13.5. The van der Waals surface area contributed by atoms with Crippen molar-refractivity contribution in [3.05, 3.63) is 18.0 Å². The summed E-state index contributed by atoms with van der Waals surface area (Å²) in [5, 5.41) is 4.68. The van der Waals surface area contributed by atoms with Crippen LogP contribution in [0.25, 0.3) is 0 Å². The molecule has 3 unspecified atom stereocenters. The molecule has 0 bridgehead atoms. The molecule has 0 aromatic carbocycles. The van der Waals surface area contributed by atoms with E-state index in [2.05, 4.69) is 35.9 Å². The maximum Gasteiger partial charge on any atom is 0.0787 e. The van der Waals surface area contributed by atoms with Crippen LogP contribution in [-0.4, -0.2) is 28.0 Å². The third-order valence-corrected chi connectivity index (χ3v) is 4.70. The Balaban J connectivity index is 1.71. The first-order valence-corrected chi connectivity index (χ1v) is 7.57. The highest BCUT2D eigenvalue weighted by atomic mass is 16.5. The summed E-state index contributed by atoms with van der Waals surface area (Å²) < 4.78 is 7.94. The zero-order valence-electron chi connectivity index (χ0n) is 12.0. The SMILES string of the molecule is CCC(C)n1ccc(CC2(N)CCOC2C2CC2)n1. The van der Waals surface area contributed by atoms with Gasteiger partial charge in [-0.2, -0.15) is 5.10 Å². The Labute approximate surface area is 115 Å². The average Bonchev–Trinajstić information content (AvgIpc) is 3.01. The van der Waals surface area contributed by atoms with Crippen LogP contribution in [-0.2, 0) is 11.2 Å². The third kappa shape index (κ3) is 2.56. The van der Waals surface area contributed by atoms with Gasteiger partial charge in [0.1, 0.15) is 0 Å². The second-order valence-corrected chi connectivity index (χ2v) is 6.33. The van der Waals surface area contributed by atoms with E-state index in [0.29, 0.717) is 12.0 Å². The molecule has 2 fully saturated rings. The van der Waals surface area contributed by atoms with Gasteiger partial charge in [0.2, 0.25) is 0 Å². The van der Waals surface area contributed by atoms with Gasteiger partial charge < -0.3 is 10.5 Å². The largest absolute Gasteiger partial charge is 0.376 e. The van der Waals surface area contributed by atoms with E-state index in [1.807, 2.05) is 0 Å². The normalized spacial score (nSPS) is 32.7. The van der Waals surface area contributed by atoms with Gasteiger partial charge >= 0.3 is 0 Å². The van der Waals surface area contributed by atoms with Gasteiger partial charge in [0, 0.05) is 25.3 Å². The zero-order valence-corrected chi connectivity index (χ0v) is 12.0. The first-order valence-electron chi connectivity index (χ1n) is 7.57. The maximum atomic E-state index is 6.62. The van der Waals surface area contributed by atoms with E-state index in [-0.39, 0.29) is 11.6 Å². The van der Waals surface area contributed by atoms with Crippen molar-refractivity contribution in [1.82, 2.24) is 9.78 Å². The van der Waals surface area contributed by atoms with Crippen LogP contribution in [0.3, 0.4) is 0 Å². The highest BCUT2D eigenvalue weighted by molar-refractivity contribution is 5.12. The van der Waals surface area contributed by atoms with Gasteiger partial charge in [0.15, 0.2) is 0 Å². The minimum Gasteiger partial charge on any atom is -0.376 e. The summed E-state index contributed by atoms with van der Waals surface area (Å²) in [6.45, 7) is 5.19. The van der Waals surface area contributed by atoms with Gasteiger partial charge in [-0.3, -0.25) is 4.68 Å². The molecule has 4 nitrogen and oxygen atoms in total. The molecular formula is C15H25N3O. The van der Waals surface area contributed by atoms with Crippen molar-refractivity contribution < 1.29 is 4.74 Å². The fraction of sp³-hybridized carbons (Fsp3) is 0.800. The second-order valence-electron chi connectivity index (χ2n) is 6.33. The van der Waals surface area contributed by atoms with Crippen molar-refractivity contribution in [1.29, 1.82) is 0 Å². The van der Waals surface area contributed by atoms with Crippen molar-refractivity contribution in [2.45, 2.75) is 63.6 Å². The van der Waals surface area contributed by atoms with Gasteiger partial charge in [-0.25, -0.2) is 0 Å². The fourth-order valence-corrected chi connectivity index (χ4v) is 3.12. The summed E-state index contributed by atoms with van der Waals surface area (Å²) in [6, 6.07) is 2.57. The van der Waals surface area contributed by atoms with Crippen molar-refractivity contribution in [3.8, 4) is 0 Å². The minimum atomic E-state index is -0.199. The molecule has 1 aromatic rings. The Bertz CT molecular complexity index is 440. The van der Waals surface area contributed by atoms with Crippen molar-refractivity contribution >= 4 is 0 Å². The number of nitrogens with zero attached hydrogens (tertiary/aromatic N) is 2. The first-order chi connectivity index (χ1) is 9.12. The quantitative estimate of drug-likeness (QED) is 0.887. The Morgan fingerprint density at radius 2 is 2.37 bits per heavy atom. The Hall–Kier alpha value is -0.870. The Kier molecular flexibility index (Phi) is 3.39. The molecule has 0 amide bonds. The molecule has 2 aliphatic rings. The second kappa shape index (κ2) is 4.91. The number of aromatic nitrogens is 2. The van der Waals surface area contributed by atoms with Crippen LogP contribution in [0.1, 0.15) is 51.3 Å². The highest BCUT2D eigenvalue weighted by Crippen LogP contribution is 2.43. The van der Waals surface area contributed by atoms with Gasteiger partial charge in [-0.05, 0) is 44.6 Å². The van der Waals surface area contributed by atoms with Crippen molar-refractivity contribution in [3.63, 3.8) is 0 Å². The van der Waals surface area contributed by atoms with E-state index in [1.54, 1.807) is 0 Å². The van der Waals surface area contributed by atoms with E-state index in [0.717, 1.165) is 31.6 Å². The lowest BCUT2D eigenvalue weighted by Gasteiger charge is -2.29. The van der Waals surface area contributed by atoms with Gasteiger partial charge in [0.25, 0.3) is 0 Å². The van der Waals surface area contributed by atoms with E-state index >= 15 is 0 Å². The van der Waals surface area contributed by atoms with Crippen LogP contribution in [0.4, 0.5) is 0 Å². The summed E-state index contributed by atoms with van der Waals surface area (Å²) >= 11 is 0. The standard InChI is InChI=1S/C15H25N3O/c1-3-11(2)18-8-6-13(17-18)10-15(16)7-9-19-14(15)12-4-5-12/h6,8,11-12,14H,3-5,7,9-10,16H2,1-2H3. The number of nitrogens with two attached hydrogens (primary N) is 1. The van der Waals surface area contributed by atoms with Crippen LogP contribution in [0.2, 0.25) is 0 Å². The van der Waals surface area contributed by atoms with Crippen LogP contribution in [0, 0.1) is 5.92 Å².